The Labute approximate surface area is 142 Å². The van der Waals surface area contributed by atoms with E-state index in [0.717, 1.165) is 0 Å². The molecule has 94 valence electrons. The summed E-state index contributed by atoms with van der Waals surface area (Å²) in [6, 6.07) is 0. The minimum Gasteiger partial charge on any atom is -0.448 e. The molecule has 8 heteroatoms. The zero-order chi connectivity index (χ0) is 12.6. The predicted molar refractivity (Wildman–Crippen MR) is 55.2 cm³/mol. The normalized spacial score (nSPS) is 18.0. The molecule has 0 aromatic carbocycles. The first-order valence-corrected chi connectivity index (χ1v) is 5.22. The van der Waals surface area contributed by atoms with Crippen molar-refractivity contribution < 1.29 is 73.9 Å². The van der Waals surface area contributed by atoms with Crippen LogP contribution in [0.25, 0.3) is 0 Å². The Morgan fingerprint density at radius 1 is 1.35 bits per heavy atom. The van der Waals surface area contributed by atoms with E-state index in [1.54, 1.807) is 20.8 Å². The van der Waals surface area contributed by atoms with Crippen molar-refractivity contribution in [3.05, 3.63) is 0 Å². The molecule has 1 rings (SSSR count). The Kier molecular flexibility index (Phi) is 6.07. The van der Waals surface area contributed by atoms with Crippen LogP contribution in [0.3, 0.4) is 0 Å². The molecule has 0 bridgehead atoms. The van der Waals surface area contributed by atoms with E-state index in [1.807, 2.05) is 0 Å². The summed E-state index contributed by atoms with van der Waals surface area (Å²) in [6.07, 6.45) is -0.586. The molecule has 1 saturated carbocycles. The largest absolute Gasteiger partial charge is 1.00 e. The molecule has 1 N–H and O–H groups in total. The Balaban J connectivity index is 0.00000256. The second-order valence-electron chi connectivity index (χ2n) is 5.29. The minimum absolute atomic E-state index is 0. The van der Waals surface area contributed by atoms with Gasteiger partial charge in [0.05, 0.1) is 0 Å². The summed E-state index contributed by atoms with van der Waals surface area (Å²) in [5.41, 5.74) is -0.690. The number of nitrogens with one attached hydrogen (secondary N) is 1. The molecule has 1 fully saturated rings. The molecule has 0 aromatic rings. The van der Waals surface area contributed by atoms with Crippen LogP contribution in [0.1, 0.15) is 33.6 Å². The standard InChI is InChI=1S/C9H16BF3NO2.K/c1-8(2,3)16-7(15)14-6-9(4-5-9)10(11,12)13;/h4-6H2,1-3H3,(H,14,15);/q-1;+1. The third-order valence-electron chi connectivity index (χ3n) is 2.57. The molecule has 0 atom stereocenters. The Bertz CT molecular complexity index is 287. The summed E-state index contributed by atoms with van der Waals surface area (Å²) in [7, 11) is 0. The summed E-state index contributed by atoms with van der Waals surface area (Å²) in [6.45, 7) is -0.278. The Hall–Kier alpha value is 0.761. The van der Waals surface area contributed by atoms with Gasteiger partial charge in [-0.15, -0.1) is 0 Å². The van der Waals surface area contributed by atoms with E-state index < -0.39 is 24.0 Å². The van der Waals surface area contributed by atoms with E-state index >= 15 is 0 Å². The third kappa shape index (κ3) is 5.50. The maximum atomic E-state index is 12.6. The first kappa shape index (κ1) is 17.8. The fraction of sp³-hybridized carbons (Fsp3) is 0.889. The van der Waals surface area contributed by atoms with E-state index in [-0.39, 0.29) is 70.8 Å². The van der Waals surface area contributed by atoms with E-state index in [4.69, 9.17) is 4.74 Å². The summed E-state index contributed by atoms with van der Waals surface area (Å²) in [4.78, 5) is 11.2. The molecule has 1 aliphatic rings. The maximum absolute atomic E-state index is 12.6. The number of carbonyl (C=O) groups excluding carboxylic acids is 1. The molecule has 0 aromatic heterocycles. The van der Waals surface area contributed by atoms with Crippen molar-refractivity contribution in [2.45, 2.75) is 44.5 Å². The molecule has 0 aliphatic heterocycles. The molecule has 1 amide bonds. The third-order valence-corrected chi connectivity index (χ3v) is 2.57. The Morgan fingerprint density at radius 2 is 1.82 bits per heavy atom. The van der Waals surface area contributed by atoms with Crippen molar-refractivity contribution in [3.63, 3.8) is 0 Å². The zero-order valence-electron chi connectivity index (χ0n) is 10.6. The number of rotatable bonds is 3. The van der Waals surface area contributed by atoms with Crippen LogP contribution in [0.4, 0.5) is 17.7 Å². The SMILES string of the molecule is CC(C)(C)OC(=O)NCC1([B-](F)(F)F)CC1.[K+]. The van der Waals surface area contributed by atoms with Gasteiger partial charge < -0.3 is 23.0 Å². The van der Waals surface area contributed by atoms with Gasteiger partial charge in [0.1, 0.15) is 5.60 Å². The number of halogens is 3. The number of alkyl carbamates (subject to hydrolysis) is 1. The number of amides is 1. The van der Waals surface area contributed by atoms with Gasteiger partial charge in [-0.25, -0.2) is 4.79 Å². The maximum Gasteiger partial charge on any atom is 1.00 e. The predicted octanol–water partition coefficient (Wildman–Crippen LogP) is -0.103. The van der Waals surface area contributed by atoms with Crippen molar-refractivity contribution in [1.82, 2.24) is 5.32 Å². The van der Waals surface area contributed by atoms with Gasteiger partial charge in [-0.3, -0.25) is 0 Å². The fourth-order valence-corrected chi connectivity index (χ4v) is 1.34. The molecule has 3 nitrogen and oxygen atoms in total. The minimum atomic E-state index is -4.89. The van der Waals surface area contributed by atoms with Gasteiger partial charge in [-0.05, 0) is 26.1 Å². The number of hydrogen-bond acceptors (Lipinski definition) is 2. The smallest absolute Gasteiger partial charge is 0.448 e. The van der Waals surface area contributed by atoms with E-state index in [9.17, 15) is 17.7 Å². The van der Waals surface area contributed by atoms with Crippen molar-refractivity contribution in [2.75, 3.05) is 6.54 Å². The van der Waals surface area contributed by atoms with Crippen LogP contribution in [-0.4, -0.2) is 25.2 Å². The van der Waals surface area contributed by atoms with Crippen molar-refractivity contribution in [1.29, 1.82) is 0 Å². The molecule has 0 radical (unpaired) electrons. The summed E-state index contributed by atoms with van der Waals surface area (Å²) in [5.74, 6) is 0. The quantitative estimate of drug-likeness (QED) is 0.731. The number of hydrogen-bond donors (Lipinski definition) is 1. The summed E-state index contributed by atoms with van der Waals surface area (Å²) in [5, 5.41) is 0.527. The number of carbonyl (C=O) groups is 1. The molecule has 0 unspecified atom stereocenters. The van der Waals surface area contributed by atoms with E-state index in [1.165, 1.54) is 0 Å². The second-order valence-corrected chi connectivity index (χ2v) is 5.29. The van der Waals surface area contributed by atoms with E-state index in [0.29, 0.717) is 0 Å². The van der Waals surface area contributed by atoms with Crippen molar-refractivity contribution in [2.24, 2.45) is 0 Å². The molecular weight excluding hydrogens is 261 g/mol. The number of ether oxygens (including phenoxy) is 1. The Morgan fingerprint density at radius 3 is 2.12 bits per heavy atom. The zero-order valence-corrected chi connectivity index (χ0v) is 13.8. The summed E-state index contributed by atoms with van der Waals surface area (Å²) >= 11 is 0. The van der Waals surface area contributed by atoms with Crippen LogP contribution in [0.15, 0.2) is 0 Å². The molecule has 0 heterocycles. The van der Waals surface area contributed by atoms with Crippen molar-refractivity contribution >= 4 is 13.1 Å². The monoisotopic (exact) mass is 277 g/mol. The van der Waals surface area contributed by atoms with Crippen LogP contribution in [0, 0.1) is 0 Å². The average molecular weight is 277 g/mol. The molecular formula is C9H16BF3KNO2. The van der Waals surface area contributed by atoms with Crippen LogP contribution in [-0.2, 0) is 4.74 Å². The van der Waals surface area contributed by atoms with Gasteiger partial charge >= 0.3 is 64.5 Å². The first-order valence-electron chi connectivity index (χ1n) is 5.22. The average Bonchev–Trinajstić information content (AvgIpc) is 2.75. The topological polar surface area (TPSA) is 38.3 Å². The van der Waals surface area contributed by atoms with Gasteiger partial charge in [-0.1, -0.05) is 12.8 Å². The molecule has 17 heavy (non-hydrogen) atoms. The van der Waals surface area contributed by atoms with Gasteiger partial charge in [0.2, 0.25) is 0 Å². The van der Waals surface area contributed by atoms with E-state index in [2.05, 4.69) is 5.32 Å². The van der Waals surface area contributed by atoms with Gasteiger partial charge in [0, 0.05) is 6.54 Å². The fourth-order valence-electron chi connectivity index (χ4n) is 1.34. The van der Waals surface area contributed by atoms with Gasteiger partial charge in [-0.2, -0.15) is 0 Å². The molecule has 0 spiro atoms. The van der Waals surface area contributed by atoms with Crippen LogP contribution in [0.2, 0.25) is 5.31 Å². The first-order chi connectivity index (χ1) is 7.06. The van der Waals surface area contributed by atoms with Crippen LogP contribution in [0.5, 0.6) is 0 Å². The van der Waals surface area contributed by atoms with Crippen LogP contribution < -0.4 is 56.7 Å². The molecule has 1 aliphatic carbocycles. The van der Waals surface area contributed by atoms with Crippen LogP contribution >= 0.6 is 0 Å². The molecule has 0 saturated heterocycles. The van der Waals surface area contributed by atoms with Gasteiger partial charge in [0.15, 0.2) is 0 Å². The summed E-state index contributed by atoms with van der Waals surface area (Å²) < 4.78 is 42.5. The van der Waals surface area contributed by atoms with Gasteiger partial charge in [0.25, 0.3) is 0 Å². The van der Waals surface area contributed by atoms with Crippen molar-refractivity contribution in [3.8, 4) is 0 Å². The second kappa shape index (κ2) is 5.81.